The average molecular weight is 467 g/mol. The third-order valence-electron chi connectivity index (χ3n) is 4.81. The highest BCUT2D eigenvalue weighted by molar-refractivity contribution is 7.40. The molecule has 1 aromatic carbocycles. The molecule has 0 aliphatic heterocycles. The van der Waals surface area contributed by atoms with Gasteiger partial charge in [0.25, 0.3) is 5.82 Å². The van der Waals surface area contributed by atoms with Crippen molar-refractivity contribution in [3.63, 3.8) is 0 Å². The summed E-state index contributed by atoms with van der Waals surface area (Å²) < 4.78 is 22.8. The first-order valence-electron chi connectivity index (χ1n) is 10.1. The van der Waals surface area contributed by atoms with Crippen molar-refractivity contribution in [2.45, 2.75) is 19.8 Å². The summed E-state index contributed by atoms with van der Waals surface area (Å²) >= 11 is 0. The highest BCUT2D eigenvalue weighted by Crippen LogP contribution is 2.31. The molecule has 0 aliphatic rings. The summed E-state index contributed by atoms with van der Waals surface area (Å²) in [5, 5.41) is 4.16. The molecular formula is C23H24N4O5P+. The number of nitrogen functional groups attached to an aromatic ring is 1. The van der Waals surface area contributed by atoms with Crippen LogP contribution < -0.4 is 15.0 Å². The minimum Gasteiger partial charge on any atom is -0.473 e. The number of benzene rings is 1. The maximum atomic E-state index is 9.46. The maximum absolute atomic E-state index is 9.46. The fourth-order valence-corrected chi connectivity index (χ4v) is 3.44. The summed E-state index contributed by atoms with van der Waals surface area (Å²) in [6, 6.07) is 19.2. The zero-order valence-corrected chi connectivity index (χ0v) is 18.9. The van der Waals surface area contributed by atoms with Crippen molar-refractivity contribution in [2.75, 3.05) is 12.8 Å². The molecule has 9 nitrogen and oxygen atoms in total. The molecule has 0 radical (unpaired) electrons. The highest BCUT2D eigenvalue weighted by Gasteiger charge is 2.18. The van der Waals surface area contributed by atoms with Crippen molar-refractivity contribution in [1.29, 1.82) is 0 Å². The van der Waals surface area contributed by atoms with Crippen LogP contribution in [0.5, 0.6) is 5.88 Å². The number of nitrogens with two attached hydrogens (primary N) is 1. The van der Waals surface area contributed by atoms with E-state index in [1.54, 1.807) is 17.0 Å². The van der Waals surface area contributed by atoms with Crippen molar-refractivity contribution < 1.29 is 27.8 Å². The lowest BCUT2D eigenvalue weighted by atomic mass is 10.1. The van der Waals surface area contributed by atoms with Crippen LogP contribution in [0.1, 0.15) is 16.8 Å². The normalized spacial score (nSPS) is 11.9. The lowest BCUT2D eigenvalue weighted by Crippen LogP contribution is -2.37. The van der Waals surface area contributed by atoms with Crippen LogP contribution in [0.25, 0.3) is 11.3 Å². The molecule has 0 bridgehead atoms. The van der Waals surface area contributed by atoms with Crippen LogP contribution >= 0.6 is 8.60 Å². The number of rotatable bonds is 10. The van der Waals surface area contributed by atoms with Gasteiger partial charge in [-0.25, -0.2) is 9.55 Å². The van der Waals surface area contributed by atoms with E-state index >= 15 is 0 Å². The van der Waals surface area contributed by atoms with Crippen molar-refractivity contribution in [1.82, 2.24) is 10.1 Å². The fourth-order valence-electron chi connectivity index (χ4n) is 3.11. The Morgan fingerprint density at radius 1 is 1.09 bits per heavy atom. The van der Waals surface area contributed by atoms with Crippen molar-refractivity contribution >= 4 is 14.4 Å². The van der Waals surface area contributed by atoms with Gasteiger partial charge < -0.3 is 18.7 Å². The molecule has 33 heavy (non-hydrogen) atoms. The van der Waals surface area contributed by atoms with Gasteiger partial charge in [0.05, 0.1) is 11.9 Å². The molecule has 1 unspecified atom stereocenters. The minimum absolute atomic E-state index is 0.0427. The molecule has 0 amide bonds. The summed E-state index contributed by atoms with van der Waals surface area (Å²) in [5.74, 6) is 1.51. The third kappa shape index (κ3) is 6.12. The molecule has 1 atom stereocenters. The van der Waals surface area contributed by atoms with Crippen molar-refractivity contribution in [2.24, 2.45) is 0 Å². The summed E-state index contributed by atoms with van der Waals surface area (Å²) in [6.07, 6.45) is 4.05. The van der Waals surface area contributed by atoms with Crippen LogP contribution in [0.4, 0.5) is 5.82 Å². The van der Waals surface area contributed by atoms with Gasteiger partial charge in [-0.05, 0) is 23.3 Å². The summed E-state index contributed by atoms with van der Waals surface area (Å²) in [7, 11) is -0.579. The molecule has 0 aliphatic carbocycles. The van der Waals surface area contributed by atoms with Crippen LogP contribution in [-0.2, 0) is 28.8 Å². The zero-order valence-electron chi connectivity index (χ0n) is 18.0. The summed E-state index contributed by atoms with van der Waals surface area (Å²) in [6.45, 7) is 0.510. The summed E-state index contributed by atoms with van der Waals surface area (Å²) in [5.41, 5.74) is 9.72. The minimum atomic E-state index is -1.95. The Balaban J connectivity index is 1.39. The van der Waals surface area contributed by atoms with Gasteiger partial charge in [-0.2, -0.15) is 0 Å². The van der Waals surface area contributed by atoms with E-state index in [0.717, 1.165) is 16.8 Å². The number of pyridine rings is 2. The quantitative estimate of drug-likeness (QED) is 0.268. The third-order valence-corrected chi connectivity index (χ3v) is 5.46. The topological polar surface area (TPSA) is 117 Å². The molecule has 4 aromatic rings. The van der Waals surface area contributed by atoms with E-state index in [0.29, 0.717) is 36.0 Å². The molecule has 10 heteroatoms. The van der Waals surface area contributed by atoms with E-state index in [-0.39, 0.29) is 6.73 Å². The predicted octanol–water partition coefficient (Wildman–Crippen LogP) is 3.62. The van der Waals surface area contributed by atoms with Gasteiger partial charge in [-0.1, -0.05) is 41.6 Å². The first kappa shape index (κ1) is 22.8. The van der Waals surface area contributed by atoms with Gasteiger partial charge in [-0.3, -0.25) is 10.3 Å². The highest BCUT2D eigenvalue weighted by atomic mass is 31.2. The van der Waals surface area contributed by atoms with Crippen molar-refractivity contribution in [3.05, 3.63) is 89.9 Å². The average Bonchev–Trinajstić information content (AvgIpc) is 3.31. The molecule has 0 saturated heterocycles. The Hall–Kier alpha value is -3.36. The first-order chi connectivity index (χ1) is 16.1. The smallest absolute Gasteiger partial charge is 0.332 e. The van der Waals surface area contributed by atoms with Gasteiger partial charge >= 0.3 is 8.60 Å². The van der Waals surface area contributed by atoms with Gasteiger partial charge in [0.2, 0.25) is 5.88 Å². The van der Waals surface area contributed by atoms with Crippen molar-refractivity contribution in [3.8, 4) is 17.2 Å². The van der Waals surface area contributed by atoms with Crippen LogP contribution in [0, 0.1) is 0 Å². The number of anilines is 1. The Labute approximate surface area is 192 Å². The molecule has 3 aromatic heterocycles. The number of hydrogen-bond acceptors (Lipinski definition) is 8. The predicted molar refractivity (Wildman–Crippen MR) is 122 cm³/mol. The molecule has 4 rings (SSSR count). The SMILES string of the molecule is COP(O)OC[n+]1cccc(-c2cc(Cc3ccc(OCc4ccccc4)nc3)no2)c1N. The van der Waals surface area contributed by atoms with E-state index in [1.807, 2.05) is 60.7 Å². The number of nitrogens with zero attached hydrogens (tertiary/aromatic N) is 3. The molecule has 3 heterocycles. The van der Waals surface area contributed by atoms with Gasteiger partial charge in [0, 0.05) is 31.9 Å². The first-order valence-corrected chi connectivity index (χ1v) is 11.3. The molecule has 170 valence electrons. The molecule has 0 spiro atoms. The van der Waals surface area contributed by atoms with Gasteiger partial charge in [0.1, 0.15) is 12.2 Å². The second kappa shape index (κ2) is 11.0. The van der Waals surface area contributed by atoms with Gasteiger partial charge in [-0.15, -0.1) is 0 Å². The van der Waals surface area contributed by atoms with E-state index in [4.69, 9.17) is 24.0 Å². The number of ether oxygens (including phenoxy) is 1. The summed E-state index contributed by atoms with van der Waals surface area (Å²) in [4.78, 5) is 13.8. The van der Waals surface area contributed by atoms with E-state index < -0.39 is 8.60 Å². The van der Waals surface area contributed by atoms with Crippen LogP contribution in [-0.4, -0.2) is 22.1 Å². The standard InChI is InChI=1S/C23H23N4O5P/c1-29-33(28)31-16-27-11-5-8-20(23(27)24)21-13-19(26-32-21)12-18-9-10-22(25-14-18)30-15-17-6-3-2-4-7-17/h2-11,13-14,24,28H,12,15-16H2,1H3/p+1. The lowest BCUT2D eigenvalue weighted by Gasteiger charge is -2.08. The second-order valence-corrected chi connectivity index (χ2v) is 8.19. The fraction of sp³-hybridized carbons (Fsp3) is 0.174. The molecule has 0 fully saturated rings. The maximum Gasteiger partial charge on any atom is 0.332 e. The molecule has 3 N–H and O–H groups in total. The Bertz CT molecular complexity index is 1170. The molecular weight excluding hydrogens is 443 g/mol. The zero-order chi connectivity index (χ0) is 23.0. The van der Waals surface area contributed by atoms with Crippen LogP contribution in [0.3, 0.4) is 0 Å². The largest absolute Gasteiger partial charge is 0.473 e. The van der Waals surface area contributed by atoms with Gasteiger partial charge in [0.15, 0.2) is 12.5 Å². The number of hydrogen-bond donors (Lipinski definition) is 2. The van der Waals surface area contributed by atoms with Crippen LogP contribution in [0.2, 0.25) is 0 Å². The van der Waals surface area contributed by atoms with Crippen LogP contribution in [0.15, 0.2) is 77.6 Å². The lowest BCUT2D eigenvalue weighted by molar-refractivity contribution is -0.711. The second-order valence-electron chi connectivity index (χ2n) is 7.09. The monoisotopic (exact) mass is 467 g/mol. The van der Waals surface area contributed by atoms with E-state index in [2.05, 4.69) is 10.1 Å². The Morgan fingerprint density at radius 3 is 2.70 bits per heavy atom. The Kier molecular flexibility index (Phi) is 7.59. The number of aromatic nitrogens is 3. The molecule has 0 saturated carbocycles. The van der Waals surface area contributed by atoms with E-state index in [9.17, 15) is 4.89 Å². The Morgan fingerprint density at radius 2 is 1.94 bits per heavy atom. The van der Waals surface area contributed by atoms with E-state index in [1.165, 1.54) is 7.11 Å².